The lowest BCUT2D eigenvalue weighted by Gasteiger charge is -2.33. The molecule has 1 aliphatic heterocycles. The number of anilines is 2. The molecule has 2 rings (SSSR count). The minimum absolute atomic E-state index is 0.270. The molecule has 1 fully saturated rings. The summed E-state index contributed by atoms with van der Waals surface area (Å²) in [6.45, 7) is 2.24. The fourth-order valence-corrected chi connectivity index (χ4v) is 2.19. The number of nitrogen functional groups attached to an aromatic ring is 1. The van der Waals surface area contributed by atoms with E-state index in [4.69, 9.17) is 10.8 Å². The summed E-state index contributed by atoms with van der Waals surface area (Å²) in [5.74, 6) is 1.91. The highest BCUT2D eigenvalue weighted by Gasteiger charge is 2.20. The summed E-state index contributed by atoms with van der Waals surface area (Å²) in [5, 5.41) is 8.95. The number of nitrogens with zero attached hydrogens (tertiary/aromatic N) is 3. The van der Waals surface area contributed by atoms with Gasteiger partial charge < -0.3 is 15.7 Å². The van der Waals surface area contributed by atoms with Crippen LogP contribution >= 0.6 is 0 Å². The van der Waals surface area contributed by atoms with E-state index in [1.807, 2.05) is 0 Å². The van der Waals surface area contributed by atoms with Crippen LogP contribution in [-0.2, 0) is 0 Å². The molecule has 0 aliphatic carbocycles. The molecule has 1 aromatic rings. The van der Waals surface area contributed by atoms with Crippen LogP contribution in [0.5, 0.6) is 0 Å². The van der Waals surface area contributed by atoms with E-state index in [1.165, 1.54) is 6.42 Å². The second-order valence-electron chi connectivity index (χ2n) is 4.27. The first kappa shape index (κ1) is 11.1. The number of piperidine rings is 1. The van der Waals surface area contributed by atoms with Crippen LogP contribution < -0.4 is 10.6 Å². The molecule has 16 heavy (non-hydrogen) atoms. The van der Waals surface area contributed by atoms with Crippen molar-refractivity contribution >= 4 is 11.6 Å². The summed E-state index contributed by atoms with van der Waals surface area (Å²) in [5.41, 5.74) is 5.51. The van der Waals surface area contributed by atoms with Gasteiger partial charge in [-0.1, -0.05) is 0 Å². The van der Waals surface area contributed by atoms with Gasteiger partial charge >= 0.3 is 0 Å². The Morgan fingerprint density at radius 1 is 1.44 bits per heavy atom. The minimum Gasteiger partial charge on any atom is -0.396 e. The van der Waals surface area contributed by atoms with Gasteiger partial charge in [0.15, 0.2) is 0 Å². The lowest BCUT2D eigenvalue weighted by atomic mass is 9.95. The summed E-state index contributed by atoms with van der Waals surface area (Å²) in [7, 11) is 0. The van der Waals surface area contributed by atoms with Crippen molar-refractivity contribution in [3.05, 3.63) is 12.4 Å². The Balaban J connectivity index is 2.01. The second-order valence-corrected chi connectivity index (χ2v) is 4.27. The van der Waals surface area contributed by atoms with Crippen LogP contribution in [0.15, 0.2) is 12.4 Å². The SMILES string of the molecule is Nc1cnc(N2CCCC(CCO)C2)cn1. The molecule has 0 bridgehead atoms. The minimum atomic E-state index is 0.270. The lowest BCUT2D eigenvalue weighted by molar-refractivity contribution is 0.244. The molecule has 0 saturated carbocycles. The number of rotatable bonds is 3. The first-order valence-electron chi connectivity index (χ1n) is 5.73. The molecule has 0 spiro atoms. The Bertz CT molecular complexity index is 325. The fraction of sp³-hybridized carbons (Fsp3) is 0.636. The van der Waals surface area contributed by atoms with Gasteiger partial charge in [0.2, 0.25) is 0 Å². The van der Waals surface area contributed by atoms with Crippen LogP contribution in [0.2, 0.25) is 0 Å². The van der Waals surface area contributed by atoms with Gasteiger partial charge in [0.1, 0.15) is 11.6 Å². The number of aliphatic hydroxyl groups excluding tert-OH is 1. The summed E-state index contributed by atoms with van der Waals surface area (Å²) < 4.78 is 0. The molecular weight excluding hydrogens is 204 g/mol. The predicted molar refractivity (Wildman–Crippen MR) is 63.1 cm³/mol. The van der Waals surface area contributed by atoms with Gasteiger partial charge in [-0.2, -0.15) is 0 Å². The highest BCUT2D eigenvalue weighted by molar-refractivity contribution is 5.39. The molecule has 5 nitrogen and oxygen atoms in total. The lowest BCUT2D eigenvalue weighted by Crippen LogP contribution is -2.36. The van der Waals surface area contributed by atoms with Crippen molar-refractivity contribution in [2.45, 2.75) is 19.3 Å². The van der Waals surface area contributed by atoms with E-state index < -0.39 is 0 Å². The molecule has 1 atom stereocenters. The third-order valence-electron chi connectivity index (χ3n) is 3.04. The molecule has 0 radical (unpaired) electrons. The van der Waals surface area contributed by atoms with E-state index >= 15 is 0 Å². The van der Waals surface area contributed by atoms with Crippen molar-refractivity contribution in [1.82, 2.24) is 9.97 Å². The van der Waals surface area contributed by atoms with Crippen molar-refractivity contribution < 1.29 is 5.11 Å². The molecule has 5 heteroatoms. The van der Waals surface area contributed by atoms with E-state index in [0.717, 1.165) is 31.7 Å². The Hall–Kier alpha value is -1.36. The topological polar surface area (TPSA) is 75.3 Å². The van der Waals surface area contributed by atoms with Gasteiger partial charge in [-0.25, -0.2) is 9.97 Å². The first-order chi connectivity index (χ1) is 7.79. The maximum Gasteiger partial charge on any atom is 0.147 e. The zero-order valence-electron chi connectivity index (χ0n) is 9.34. The van der Waals surface area contributed by atoms with Gasteiger partial charge in [0.05, 0.1) is 12.4 Å². The van der Waals surface area contributed by atoms with Crippen LogP contribution in [0.25, 0.3) is 0 Å². The third kappa shape index (κ3) is 2.61. The fourth-order valence-electron chi connectivity index (χ4n) is 2.19. The predicted octanol–water partition coefficient (Wildman–Crippen LogP) is 0.658. The van der Waals surface area contributed by atoms with E-state index in [9.17, 15) is 0 Å². The number of aliphatic hydroxyl groups is 1. The summed E-state index contributed by atoms with van der Waals surface area (Å²) in [6, 6.07) is 0. The Morgan fingerprint density at radius 2 is 2.31 bits per heavy atom. The molecule has 1 aliphatic rings. The zero-order valence-corrected chi connectivity index (χ0v) is 9.34. The molecule has 1 saturated heterocycles. The van der Waals surface area contributed by atoms with Gasteiger partial charge in [-0.15, -0.1) is 0 Å². The molecule has 0 amide bonds. The number of hydrogen-bond acceptors (Lipinski definition) is 5. The van der Waals surface area contributed by atoms with Crippen molar-refractivity contribution in [3.63, 3.8) is 0 Å². The molecule has 88 valence electrons. The van der Waals surface area contributed by atoms with Crippen LogP contribution in [0.1, 0.15) is 19.3 Å². The van der Waals surface area contributed by atoms with Crippen LogP contribution in [0, 0.1) is 5.92 Å². The molecular formula is C11H18N4O. The average molecular weight is 222 g/mol. The van der Waals surface area contributed by atoms with E-state index in [-0.39, 0.29) is 6.61 Å². The highest BCUT2D eigenvalue weighted by atomic mass is 16.3. The van der Waals surface area contributed by atoms with Crippen molar-refractivity contribution in [3.8, 4) is 0 Å². The monoisotopic (exact) mass is 222 g/mol. The Labute approximate surface area is 95.3 Å². The van der Waals surface area contributed by atoms with Crippen molar-refractivity contribution in [2.24, 2.45) is 5.92 Å². The maximum atomic E-state index is 8.95. The summed E-state index contributed by atoms with van der Waals surface area (Å²) >= 11 is 0. The highest BCUT2D eigenvalue weighted by Crippen LogP contribution is 2.22. The zero-order chi connectivity index (χ0) is 11.4. The average Bonchev–Trinajstić information content (AvgIpc) is 2.31. The molecule has 2 heterocycles. The number of hydrogen-bond donors (Lipinski definition) is 2. The van der Waals surface area contributed by atoms with E-state index in [1.54, 1.807) is 12.4 Å². The largest absolute Gasteiger partial charge is 0.396 e. The smallest absolute Gasteiger partial charge is 0.147 e. The Morgan fingerprint density at radius 3 is 3.00 bits per heavy atom. The van der Waals surface area contributed by atoms with Crippen molar-refractivity contribution in [2.75, 3.05) is 30.3 Å². The summed E-state index contributed by atoms with van der Waals surface area (Å²) in [4.78, 5) is 10.5. The first-order valence-corrected chi connectivity index (χ1v) is 5.73. The van der Waals surface area contributed by atoms with Gasteiger partial charge in [0.25, 0.3) is 0 Å². The number of nitrogens with two attached hydrogens (primary N) is 1. The molecule has 3 N–H and O–H groups in total. The van der Waals surface area contributed by atoms with Gasteiger partial charge in [0, 0.05) is 19.7 Å². The van der Waals surface area contributed by atoms with E-state index in [2.05, 4.69) is 14.9 Å². The van der Waals surface area contributed by atoms with Crippen LogP contribution in [0.4, 0.5) is 11.6 Å². The van der Waals surface area contributed by atoms with Crippen LogP contribution in [0.3, 0.4) is 0 Å². The maximum absolute atomic E-state index is 8.95. The second kappa shape index (κ2) is 5.12. The van der Waals surface area contributed by atoms with Gasteiger partial charge in [-0.3, -0.25) is 0 Å². The van der Waals surface area contributed by atoms with Crippen LogP contribution in [-0.4, -0.2) is 34.8 Å². The summed E-state index contributed by atoms with van der Waals surface area (Å²) in [6.07, 6.45) is 6.52. The van der Waals surface area contributed by atoms with Crippen molar-refractivity contribution in [1.29, 1.82) is 0 Å². The standard InChI is InChI=1S/C11H18N4O/c12-10-6-14-11(7-13-10)15-4-1-2-9(8-15)3-5-16/h6-7,9,16H,1-5,8H2,(H2,12,13). The normalized spacial score (nSPS) is 21.1. The van der Waals surface area contributed by atoms with E-state index in [0.29, 0.717) is 11.7 Å². The molecule has 1 unspecified atom stereocenters. The quantitative estimate of drug-likeness (QED) is 0.785. The number of aromatic nitrogens is 2. The molecule has 1 aromatic heterocycles. The third-order valence-corrected chi connectivity index (χ3v) is 3.04. The van der Waals surface area contributed by atoms with Gasteiger partial charge in [-0.05, 0) is 25.2 Å². The Kier molecular flexibility index (Phi) is 3.56. The molecule has 0 aromatic carbocycles.